The molecule has 0 aliphatic carbocycles. The van der Waals surface area contributed by atoms with E-state index in [0.717, 1.165) is 48.4 Å². The summed E-state index contributed by atoms with van der Waals surface area (Å²) in [6.07, 6.45) is 0. The Balaban J connectivity index is 1.35. The van der Waals surface area contributed by atoms with Gasteiger partial charge in [-0.25, -0.2) is 0 Å². The van der Waals surface area contributed by atoms with Gasteiger partial charge in [-0.1, -0.05) is 140 Å². The summed E-state index contributed by atoms with van der Waals surface area (Å²) in [5, 5.41) is 36.9. The summed E-state index contributed by atoms with van der Waals surface area (Å²) >= 11 is 0. The molecular weight excluding hydrogens is 604 g/mol. The van der Waals surface area contributed by atoms with Crippen molar-refractivity contribution in [3.63, 3.8) is 0 Å². The molecule has 6 nitrogen and oxygen atoms in total. The van der Waals surface area contributed by atoms with Crippen molar-refractivity contribution in [2.24, 2.45) is 5.41 Å². The first kappa shape index (κ1) is 38.1. The van der Waals surface area contributed by atoms with Crippen molar-refractivity contribution in [2.45, 2.75) is 105 Å². The van der Waals surface area contributed by atoms with Gasteiger partial charge in [-0.05, 0) is 38.5 Å². The number of phenolic OH excluding ortho intramolecular Hbond substituents is 2. The van der Waals surface area contributed by atoms with Gasteiger partial charge < -0.3 is 31.5 Å². The molecule has 6 heteroatoms. The molecule has 0 unspecified atom stereocenters. The van der Waals surface area contributed by atoms with E-state index in [2.05, 4.69) is 125 Å². The van der Waals surface area contributed by atoms with Crippen LogP contribution in [0.1, 0.15) is 99.9 Å². The summed E-state index contributed by atoms with van der Waals surface area (Å²) in [6.45, 7) is 23.2. The molecule has 0 fully saturated rings. The van der Waals surface area contributed by atoms with Gasteiger partial charge >= 0.3 is 0 Å². The quantitative estimate of drug-likeness (QED) is 0.0725. The summed E-state index contributed by atoms with van der Waals surface area (Å²) in [6, 6.07) is 29.3. The van der Waals surface area contributed by atoms with Crippen LogP contribution < -0.4 is 21.3 Å². The van der Waals surface area contributed by atoms with Gasteiger partial charge in [-0.2, -0.15) is 0 Å². The summed E-state index contributed by atoms with van der Waals surface area (Å²) < 4.78 is 0. The number of hydrogen-bond acceptors (Lipinski definition) is 6. The van der Waals surface area contributed by atoms with Gasteiger partial charge in [-0.3, -0.25) is 0 Å². The highest BCUT2D eigenvalue weighted by atomic mass is 16.3. The molecule has 264 valence electrons. The van der Waals surface area contributed by atoms with Crippen LogP contribution in [0.3, 0.4) is 0 Å². The lowest BCUT2D eigenvalue weighted by molar-refractivity contribution is 0.316. The topological polar surface area (TPSA) is 88.6 Å². The number of hydrogen-bond donors (Lipinski definition) is 6. The van der Waals surface area contributed by atoms with Crippen LogP contribution in [0.4, 0.5) is 0 Å². The van der Waals surface area contributed by atoms with Gasteiger partial charge in [0.15, 0.2) is 0 Å². The van der Waals surface area contributed by atoms with Crippen molar-refractivity contribution in [1.82, 2.24) is 21.3 Å². The Labute approximate surface area is 295 Å². The van der Waals surface area contributed by atoms with Crippen molar-refractivity contribution in [3.05, 3.63) is 129 Å². The van der Waals surface area contributed by atoms with Gasteiger partial charge in [0.1, 0.15) is 11.5 Å². The Morgan fingerprint density at radius 3 is 1.04 bits per heavy atom. The summed E-state index contributed by atoms with van der Waals surface area (Å²) in [7, 11) is 0. The molecule has 49 heavy (non-hydrogen) atoms. The van der Waals surface area contributed by atoms with Crippen LogP contribution in [-0.4, -0.2) is 23.3 Å². The zero-order valence-corrected chi connectivity index (χ0v) is 31.1. The van der Waals surface area contributed by atoms with Gasteiger partial charge in [0.2, 0.25) is 0 Å². The SMILES string of the molecule is CC(C)(CNCc1cc(C(C)(C)C)cc(CNCc2ccccc2)c1O)CNCc1cc(C(C)(C)C)cc(CNCc2ccccc2)c1O. The first-order valence-corrected chi connectivity index (χ1v) is 17.7. The Morgan fingerprint density at radius 2 is 0.735 bits per heavy atom. The fraction of sp³-hybridized carbons (Fsp3) is 0.442. The predicted octanol–water partition coefficient (Wildman–Crippen LogP) is 8.18. The molecule has 0 spiro atoms. The highest BCUT2D eigenvalue weighted by Crippen LogP contribution is 2.33. The largest absolute Gasteiger partial charge is 0.507 e. The molecule has 0 aliphatic rings. The van der Waals surface area contributed by atoms with Crippen LogP contribution in [-0.2, 0) is 50.1 Å². The molecule has 4 aromatic rings. The van der Waals surface area contributed by atoms with E-state index in [0.29, 0.717) is 37.7 Å². The van der Waals surface area contributed by atoms with Crippen LogP contribution in [0, 0.1) is 5.41 Å². The average molecular weight is 665 g/mol. The molecule has 0 heterocycles. The van der Waals surface area contributed by atoms with Gasteiger partial charge in [0.25, 0.3) is 0 Å². The van der Waals surface area contributed by atoms with E-state index in [1.807, 2.05) is 36.4 Å². The number of aromatic hydroxyl groups is 2. The molecular formula is C43H60N4O2. The minimum atomic E-state index is -0.0609. The zero-order valence-electron chi connectivity index (χ0n) is 31.1. The summed E-state index contributed by atoms with van der Waals surface area (Å²) in [5.41, 5.74) is 8.43. The third-order valence-electron chi connectivity index (χ3n) is 9.08. The van der Waals surface area contributed by atoms with Crippen molar-refractivity contribution in [2.75, 3.05) is 13.1 Å². The average Bonchev–Trinajstić information content (AvgIpc) is 3.04. The molecule has 0 amide bonds. The molecule has 6 N–H and O–H groups in total. The van der Waals surface area contributed by atoms with Gasteiger partial charge in [-0.15, -0.1) is 0 Å². The zero-order chi connectivity index (χ0) is 35.7. The van der Waals surface area contributed by atoms with Crippen molar-refractivity contribution >= 4 is 0 Å². The van der Waals surface area contributed by atoms with E-state index in [1.54, 1.807) is 0 Å². The Hall–Kier alpha value is -3.68. The Kier molecular flexibility index (Phi) is 13.1. The molecule has 0 saturated carbocycles. The molecule has 0 radical (unpaired) electrons. The van der Waals surface area contributed by atoms with Crippen molar-refractivity contribution in [3.8, 4) is 11.5 Å². The maximum atomic E-state index is 11.3. The Bertz CT molecular complexity index is 1500. The lowest BCUT2D eigenvalue weighted by Gasteiger charge is -2.27. The highest BCUT2D eigenvalue weighted by Gasteiger charge is 2.22. The van der Waals surface area contributed by atoms with Gasteiger partial charge in [0, 0.05) is 74.6 Å². The predicted molar refractivity (Wildman–Crippen MR) is 205 cm³/mol. The van der Waals surface area contributed by atoms with E-state index >= 15 is 0 Å². The van der Waals surface area contributed by atoms with Crippen molar-refractivity contribution < 1.29 is 10.2 Å². The number of nitrogens with one attached hydrogen (secondary N) is 4. The molecule has 0 saturated heterocycles. The maximum Gasteiger partial charge on any atom is 0.124 e. The minimum Gasteiger partial charge on any atom is -0.507 e. The fourth-order valence-corrected chi connectivity index (χ4v) is 5.93. The van der Waals surface area contributed by atoms with Crippen LogP contribution in [0.2, 0.25) is 0 Å². The first-order valence-electron chi connectivity index (χ1n) is 17.7. The number of benzene rings is 4. The molecule has 0 atom stereocenters. The standard InChI is InChI=1S/C43H60N4O2/c1-41(2,3)37-19-33(25-44-23-31-15-11-9-12-16-31)39(48)35(21-37)27-46-29-43(7,8)30-47-28-36-22-38(42(4,5)6)20-34(40(36)49)26-45-24-32-17-13-10-14-18-32/h9-22,44-49H,23-30H2,1-8H3. The monoisotopic (exact) mass is 664 g/mol. The van der Waals surface area contributed by atoms with Crippen LogP contribution >= 0.6 is 0 Å². The normalized spacial score (nSPS) is 12.4. The summed E-state index contributed by atoms with van der Waals surface area (Å²) in [4.78, 5) is 0. The van der Waals surface area contributed by atoms with Crippen LogP contribution in [0.5, 0.6) is 11.5 Å². The van der Waals surface area contributed by atoms with Crippen LogP contribution in [0.25, 0.3) is 0 Å². The van der Waals surface area contributed by atoms with E-state index in [9.17, 15) is 10.2 Å². The highest BCUT2D eigenvalue weighted by molar-refractivity contribution is 5.47. The Morgan fingerprint density at radius 1 is 0.429 bits per heavy atom. The molecule has 0 aliphatic heterocycles. The lowest BCUT2D eigenvalue weighted by atomic mass is 9.84. The molecule has 4 rings (SSSR count). The second kappa shape index (κ2) is 16.8. The van der Waals surface area contributed by atoms with Crippen LogP contribution in [0.15, 0.2) is 84.9 Å². The number of phenols is 2. The van der Waals surface area contributed by atoms with Crippen molar-refractivity contribution in [1.29, 1.82) is 0 Å². The second-order valence-electron chi connectivity index (χ2n) is 16.3. The fourth-order valence-electron chi connectivity index (χ4n) is 5.93. The van der Waals surface area contributed by atoms with E-state index in [4.69, 9.17) is 0 Å². The molecule has 0 aromatic heterocycles. The van der Waals surface area contributed by atoms with E-state index in [1.165, 1.54) is 22.3 Å². The third kappa shape index (κ3) is 11.7. The lowest BCUT2D eigenvalue weighted by Crippen LogP contribution is -2.37. The minimum absolute atomic E-state index is 0.0342. The first-order chi connectivity index (χ1) is 23.1. The smallest absolute Gasteiger partial charge is 0.124 e. The third-order valence-corrected chi connectivity index (χ3v) is 9.08. The van der Waals surface area contributed by atoms with E-state index < -0.39 is 0 Å². The van der Waals surface area contributed by atoms with E-state index in [-0.39, 0.29) is 16.2 Å². The second-order valence-corrected chi connectivity index (χ2v) is 16.3. The number of rotatable bonds is 16. The summed E-state index contributed by atoms with van der Waals surface area (Å²) in [5.74, 6) is 0.723. The molecule has 4 aromatic carbocycles. The van der Waals surface area contributed by atoms with Gasteiger partial charge in [0.05, 0.1) is 0 Å². The maximum absolute atomic E-state index is 11.3. The molecule has 0 bridgehead atoms.